The summed E-state index contributed by atoms with van der Waals surface area (Å²) >= 11 is 0. The Hall–Kier alpha value is -4.11. The number of hydrogen-bond donors (Lipinski definition) is 1. The number of hydrogen-bond acceptors (Lipinski definition) is 9. The summed E-state index contributed by atoms with van der Waals surface area (Å²) in [6, 6.07) is 15.3. The van der Waals surface area contributed by atoms with Gasteiger partial charge in [0.2, 0.25) is 0 Å². The van der Waals surface area contributed by atoms with Gasteiger partial charge in [0.1, 0.15) is 23.0 Å². The minimum Gasteiger partial charge on any atom is -0.497 e. The molecule has 196 valence electrons. The van der Waals surface area contributed by atoms with Crippen LogP contribution in [0.2, 0.25) is 0 Å². The summed E-state index contributed by atoms with van der Waals surface area (Å²) in [4.78, 5) is 12.4. The maximum atomic E-state index is 12.6. The van der Waals surface area contributed by atoms with Gasteiger partial charge in [-0.2, -0.15) is 0 Å². The van der Waals surface area contributed by atoms with Gasteiger partial charge >= 0.3 is 5.97 Å². The van der Waals surface area contributed by atoms with Crippen molar-refractivity contribution in [3.63, 3.8) is 0 Å². The summed E-state index contributed by atoms with van der Waals surface area (Å²) in [6.07, 6.45) is -2.16. The maximum absolute atomic E-state index is 12.6. The van der Waals surface area contributed by atoms with E-state index in [0.717, 1.165) is 0 Å². The number of ether oxygens (including phenoxy) is 7. The van der Waals surface area contributed by atoms with E-state index in [9.17, 15) is 9.90 Å². The van der Waals surface area contributed by atoms with Crippen molar-refractivity contribution < 1.29 is 43.1 Å². The van der Waals surface area contributed by atoms with Crippen molar-refractivity contribution >= 4 is 5.97 Å². The zero-order valence-corrected chi connectivity index (χ0v) is 21.6. The molecule has 0 unspecified atom stereocenters. The van der Waals surface area contributed by atoms with Gasteiger partial charge in [-0.15, -0.1) is 0 Å². The summed E-state index contributed by atoms with van der Waals surface area (Å²) in [5.41, 5.74) is -0.564. The molecule has 3 atom stereocenters. The first-order chi connectivity index (χ1) is 17.8. The quantitative estimate of drug-likeness (QED) is 0.450. The monoisotopic (exact) mass is 510 g/mol. The fourth-order valence-electron chi connectivity index (χ4n) is 4.62. The molecule has 0 aliphatic carbocycles. The molecule has 0 spiro atoms. The van der Waals surface area contributed by atoms with E-state index in [1.165, 1.54) is 42.5 Å². The highest BCUT2D eigenvalue weighted by molar-refractivity contribution is 5.67. The largest absolute Gasteiger partial charge is 0.497 e. The summed E-state index contributed by atoms with van der Waals surface area (Å²) < 4.78 is 39.5. The van der Waals surface area contributed by atoms with Crippen molar-refractivity contribution in [3.05, 3.63) is 71.3 Å². The Bertz CT molecular complexity index is 1290. The Balaban J connectivity index is 2.01. The van der Waals surface area contributed by atoms with E-state index in [4.69, 9.17) is 33.2 Å². The van der Waals surface area contributed by atoms with Crippen LogP contribution < -0.4 is 28.4 Å². The molecule has 1 aliphatic rings. The molecule has 0 saturated heterocycles. The molecule has 0 aromatic heterocycles. The SMILES string of the molecule is COc1ccc([C@]2(O)c3ccc(OC)cc3O[C@H](c3ccc(OC)c(OC)c3)[C@H]2OC(C)=O)c(OC)c1. The summed E-state index contributed by atoms with van der Waals surface area (Å²) in [5.74, 6) is 2.12. The van der Waals surface area contributed by atoms with Crippen molar-refractivity contribution in [1.29, 1.82) is 0 Å². The smallest absolute Gasteiger partial charge is 0.303 e. The van der Waals surface area contributed by atoms with Crippen molar-refractivity contribution in [3.8, 4) is 34.5 Å². The minimum atomic E-state index is -1.89. The van der Waals surface area contributed by atoms with Gasteiger partial charge in [0.15, 0.2) is 29.3 Å². The molecule has 0 saturated carbocycles. The zero-order valence-electron chi connectivity index (χ0n) is 21.6. The summed E-state index contributed by atoms with van der Waals surface area (Å²) in [6.45, 7) is 1.28. The first kappa shape index (κ1) is 26.0. The highest BCUT2D eigenvalue weighted by Gasteiger charge is 2.55. The molecule has 0 amide bonds. The van der Waals surface area contributed by atoms with Gasteiger partial charge in [-0.3, -0.25) is 4.79 Å². The number of benzene rings is 3. The average Bonchev–Trinajstić information content (AvgIpc) is 2.93. The Labute approximate surface area is 215 Å². The normalized spacial score (nSPS) is 20.2. The van der Waals surface area contributed by atoms with Crippen LogP contribution in [0, 0.1) is 0 Å². The lowest BCUT2D eigenvalue weighted by atomic mass is 9.75. The molecule has 9 heteroatoms. The highest BCUT2D eigenvalue weighted by atomic mass is 16.6. The second-order valence-electron chi connectivity index (χ2n) is 8.38. The molecule has 4 rings (SSSR count). The number of fused-ring (bicyclic) bond motifs is 1. The van der Waals surface area contributed by atoms with Gasteiger partial charge in [-0.25, -0.2) is 0 Å². The highest BCUT2D eigenvalue weighted by Crippen LogP contribution is 2.53. The number of esters is 1. The number of aliphatic hydroxyl groups is 1. The molecule has 9 nitrogen and oxygen atoms in total. The molecule has 1 heterocycles. The van der Waals surface area contributed by atoms with E-state index in [-0.39, 0.29) is 0 Å². The molecule has 1 N–H and O–H groups in total. The molecule has 3 aromatic carbocycles. The van der Waals surface area contributed by atoms with E-state index in [1.54, 1.807) is 54.6 Å². The van der Waals surface area contributed by atoms with Crippen LogP contribution in [0.15, 0.2) is 54.6 Å². The number of carbonyl (C=O) groups excluding carboxylic acids is 1. The van der Waals surface area contributed by atoms with Crippen LogP contribution >= 0.6 is 0 Å². The third-order valence-electron chi connectivity index (χ3n) is 6.39. The van der Waals surface area contributed by atoms with Crippen molar-refractivity contribution in [1.82, 2.24) is 0 Å². The molecule has 37 heavy (non-hydrogen) atoms. The first-order valence-electron chi connectivity index (χ1n) is 11.5. The predicted octanol–water partition coefficient (Wildman–Crippen LogP) is 4.03. The number of carbonyl (C=O) groups is 1. The van der Waals surface area contributed by atoms with Crippen molar-refractivity contribution in [2.75, 3.05) is 35.5 Å². The van der Waals surface area contributed by atoms with Crippen LogP contribution in [0.25, 0.3) is 0 Å². The first-order valence-corrected chi connectivity index (χ1v) is 11.5. The van der Waals surface area contributed by atoms with Gasteiger partial charge in [-0.1, -0.05) is 6.07 Å². The molecule has 3 aromatic rings. The van der Waals surface area contributed by atoms with E-state index in [0.29, 0.717) is 51.2 Å². The Morgan fingerprint density at radius 3 is 1.97 bits per heavy atom. The lowest BCUT2D eigenvalue weighted by Gasteiger charge is -2.45. The van der Waals surface area contributed by atoms with Crippen LogP contribution in [-0.2, 0) is 15.1 Å². The average molecular weight is 511 g/mol. The van der Waals surface area contributed by atoms with Crippen LogP contribution in [0.5, 0.6) is 34.5 Å². The molecule has 1 aliphatic heterocycles. The Kier molecular flexibility index (Phi) is 7.35. The minimum absolute atomic E-state index is 0.341. The van der Waals surface area contributed by atoms with E-state index >= 15 is 0 Å². The summed E-state index contributed by atoms with van der Waals surface area (Å²) in [5, 5.41) is 12.6. The van der Waals surface area contributed by atoms with Gasteiger partial charge in [-0.05, 0) is 36.4 Å². The van der Waals surface area contributed by atoms with Gasteiger partial charge < -0.3 is 38.3 Å². The van der Waals surface area contributed by atoms with Crippen LogP contribution in [0.3, 0.4) is 0 Å². The zero-order chi connectivity index (χ0) is 26.7. The Morgan fingerprint density at radius 2 is 1.38 bits per heavy atom. The third-order valence-corrected chi connectivity index (χ3v) is 6.39. The van der Waals surface area contributed by atoms with E-state index in [2.05, 4.69) is 0 Å². The second-order valence-corrected chi connectivity index (χ2v) is 8.38. The lowest BCUT2D eigenvalue weighted by Crippen LogP contribution is -2.51. The fourth-order valence-corrected chi connectivity index (χ4v) is 4.62. The predicted molar refractivity (Wildman–Crippen MR) is 134 cm³/mol. The Morgan fingerprint density at radius 1 is 0.757 bits per heavy atom. The second kappa shape index (κ2) is 10.5. The van der Waals surface area contributed by atoms with Crippen molar-refractivity contribution in [2.24, 2.45) is 0 Å². The molecule has 0 bridgehead atoms. The molecular weight excluding hydrogens is 480 g/mol. The third kappa shape index (κ3) is 4.58. The van der Waals surface area contributed by atoms with Crippen LogP contribution in [-0.4, -0.2) is 52.7 Å². The van der Waals surface area contributed by atoms with Gasteiger partial charge in [0.05, 0.1) is 35.5 Å². The topological polar surface area (TPSA) is 102 Å². The lowest BCUT2D eigenvalue weighted by molar-refractivity contribution is -0.177. The standard InChI is InChI=1S/C28H30O9/c1-16(29)36-27-26(17-7-12-22(33-4)25(13-17)35-6)37-24-15-19(32-3)9-11-21(24)28(27,30)20-10-8-18(31-2)14-23(20)34-5/h7-15,26-27,30H,1-6H3/t26-,27-,28+/m1/s1. The number of rotatable bonds is 8. The van der Waals surface area contributed by atoms with E-state index < -0.39 is 23.8 Å². The van der Waals surface area contributed by atoms with Crippen molar-refractivity contribution in [2.45, 2.75) is 24.7 Å². The van der Waals surface area contributed by atoms with E-state index in [1.807, 2.05) is 0 Å². The maximum Gasteiger partial charge on any atom is 0.303 e. The van der Waals surface area contributed by atoms with Gasteiger partial charge in [0.25, 0.3) is 0 Å². The van der Waals surface area contributed by atoms with Crippen LogP contribution in [0.4, 0.5) is 0 Å². The molecule has 0 radical (unpaired) electrons. The number of methoxy groups -OCH3 is 5. The summed E-state index contributed by atoms with van der Waals surface area (Å²) in [7, 11) is 7.62. The van der Waals surface area contributed by atoms with Crippen LogP contribution in [0.1, 0.15) is 29.7 Å². The van der Waals surface area contributed by atoms with Gasteiger partial charge in [0, 0.05) is 35.7 Å². The molecular formula is C28H30O9. The molecule has 0 fully saturated rings. The fraction of sp³-hybridized carbons (Fsp3) is 0.321.